The predicted molar refractivity (Wildman–Crippen MR) is 89.2 cm³/mol. The smallest absolute Gasteiger partial charge is 0.126 e. The summed E-state index contributed by atoms with van der Waals surface area (Å²) in [7, 11) is -1.38. The van der Waals surface area contributed by atoms with Gasteiger partial charge in [0.05, 0.1) is 0 Å². The second kappa shape index (κ2) is 5.62. The van der Waals surface area contributed by atoms with Crippen molar-refractivity contribution >= 4 is 8.24 Å². The predicted octanol–water partition coefficient (Wildman–Crippen LogP) is 3.03. The summed E-state index contributed by atoms with van der Waals surface area (Å²) >= 11 is 0. The van der Waals surface area contributed by atoms with Crippen molar-refractivity contribution in [1.29, 1.82) is 0 Å². The molecule has 1 aliphatic heterocycles. The highest BCUT2D eigenvalue weighted by Gasteiger charge is 2.50. The van der Waals surface area contributed by atoms with Gasteiger partial charge in [-0.1, -0.05) is 43.5 Å². The Morgan fingerprint density at radius 3 is 2.45 bits per heavy atom. The third-order valence-corrected chi connectivity index (χ3v) is 10.4. The number of fused-ring (bicyclic) bond motifs is 1. The highest BCUT2D eigenvalue weighted by atomic mass is 28.3. The molecule has 1 heterocycles. The molecule has 0 aromatic rings. The Morgan fingerprint density at radius 2 is 1.80 bits per heavy atom. The fourth-order valence-electron chi connectivity index (χ4n) is 4.57. The van der Waals surface area contributed by atoms with Gasteiger partial charge in [-0.2, -0.15) is 0 Å². The summed E-state index contributed by atoms with van der Waals surface area (Å²) in [5, 5.41) is 3.49. The molecule has 1 saturated heterocycles. The molecule has 2 aliphatic carbocycles. The second-order valence-corrected chi connectivity index (χ2v) is 11.7. The van der Waals surface area contributed by atoms with Gasteiger partial charge in [-0.05, 0) is 29.7 Å². The molecular formula is C17H28N2Si. The quantitative estimate of drug-likeness (QED) is 0.634. The zero-order valence-corrected chi connectivity index (χ0v) is 13.9. The first-order valence-electron chi connectivity index (χ1n) is 8.08. The van der Waals surface area contributed by atoms with Gasteiger partial charge < -0.3 is 9.88 Å². The van der Waals surface area contributed by atoms with Crippen LogP contribution in [0.4, 0.5) is 0 Å². The van der Waals surface area contributed by atoms with Crippen molar-refractivity contribution in [2.45, 2.75) is 25.1 Å². The Morgan fingerprint density at radius 1 is 1.15 bits per heavy atom. The molecule has 0 bridgehead atoms. The van der Waals surface area contributed by atoms with Gasteiger partial charge in [0.1, 0.15) is 8.24 Å². The Kier molecular flexibility index (Phi) is 4.02. The number of allylic oxidation sites excluding steroid dienone is 5. The van der Waals surface area contributed by atoms with Crippen molar-refractivity contribution in [1.82, 2.24) is 9.88 Å². The molecule has 0 aromatic carbocycles. The van der Waals surface area contributed by atoms with E-state index in [1.165, 1.54) is 19.5 Å². The fraction of sp³-hybridized carbons (Fsp3) is 0.647. The van der Waals surface area contributed by atoms with Crippen molar-refractivity contribution in [2.24, 2.45) is 17.8 Å². The molecule has 0 amide bonds. The molecule has 3 aliphatic rings. The minimum absolute atomic E-state index is 0.681. The van der Waals surface area contributed by atoms with Gasteiger partial charge in [0, 0.05) is 26.2 Å². The van der Waals surface area contributed by atoms with Gasteiger partial charge in [-0.15, -0.1) is 6.58 Å². The van der Waals surface area contributed by atoms with Crippen molar-refractivity contribution in [3.8, 4) is 0 Å². The van der Waals surface area contributed by atoms with E-state index in [9.17, 15) is 0 Å². The number of nitrogens with zero attached hydrogens (tertiary/aromatic N) is 1. The lowest BCUT2D eigenvalue weighted by Gasteiger charge is -2.45. The highest BCUT2D eigenvalue weighted by molar-refractivity contribution is 6.76. The van der Waals surface area contributed by atoms with Crippen molar-refractivity contribution in [3.63, 3.8) is 0 Å². The second-order valence-electron chi connectivity index (χ2n) is 7.06. The van der Waals surface area contributed by atoms with Crippen LogP contribution in [0.3, 0.4) is 0 Å². The Hall–Kier alpha value is -0.643. The van der Waals surface area contributed by atoms with Crippen LogP contribution in [0.25, 0.3) is 0 Å². The van der Waals surface area contributed by atoms with Gasteiger partial charge in [0.15, 0.2) is 0 Å². The first-order valence-corrected chi connectivity index (χ1v) is 11.1. The minimum Gasteiger partial charge on any atom is -0.321 e. The van der Waals surface area contributed by atoms with Crippen LogP contribution in [0.1, 0.15) is 6.42 Å². The van der Waals surface area contributed by atoms with Crippen LogP contribution < -0.4 is 5.32 Å². The lowest BCUT2D eigenvalue weighted by molar-refractivity contribution is 0.346. The van der Waals surface area contributed by atoms with Crippen molar-refractivity contribution in [2.75, 3.05) is 26.2 Å². The maximum Gasteiger partial charge on any atom is 0.126 e. The molecule has 20 heavy (non-hydrogen) atoms. The average Bonchev–Trinajstić information content (AvgIpc) is 2.88. The van der Waals surface area contributed by atoms with Crippen LogP contribution in [0.5, 0.6) is 0 Å². The Labute approximate surface area is 124 Å². The van der Waals surface area contributed by atoms with Crippen LogP contribution >= 0.6 is 0 Å². The summed E-state index contributed by atoms with van der Waals surface area (Å²) in [4.78, 5) is 0. The van der Waals surface area contributed by atoms with Crippen LogP contribution in [-0.2, 0) is 0 Å². The van der Waals surface area contributed by atoms with Gasteiger partial charge >= 0.3 is 0 Å². The molecule has 3 rings (SSSR count). The summed E-state index contributed by atoms with van der Waals surface area (Å²) in [6.07, 6.45) is 13.0. The first kappa shape index (κ1) is 14.3. The summed E-state index contributed by atoms with van der Waals surface area (Å²) in [5.74, 6) is 2.14. The summed E-state index contributed by atoms with van der Waals surface area (Å²) in [6, 6.07) is 0. The number of piperazine rings is 1. The third kappa shape index (κ3) is 2.36. The highest BCUT2D eigenvalue weighted by Crippen LogP contribution is 2.53. The van der Waals surface area contributed by atoms with Crippen LogP contribution in [0, 0.1) is 17.8 Å². The molecule has 0 aromatic heterocycles. The number of rotatable bonds is 3. The minimum atomic E-state index is -1.38. The Bertz CT molecular complexity index is 421. The van der Waals surface area contributed by atoms with E-state index in [0.717, 1.165) is 24.5 Å². The summed E-state index contributed by atoms with van der Waals surface area (Å²) in [5.41, 5.74) is 0.870. The molecule has 110 valence electrons. The summed E-state index contributed by atoms with van der Waals surface area (Å²) in [6.45, 7) is 14.1. The van der Waals surface area contributed by atoms with Crippen molar-refractivity contribution < 1.29 is 0 Å². The lowest BCUT2D eigenvalue weighted by atomic mass is 9.86. The standard InChI is InChI=1S/C17H28N2Si/c1-4-14-13-17(16-8-6-5-7-15(14)16)20(2,3)19-11-9-18-10-12-19/h4-8,14-18H,1,9-13H2,2-3H3/t14-,15?,16?,17?/m0/s1. The van der Waals surface area contributed by atoms with E-state index in [2.05, 4.69) is 59.9 Å². The van der Waals surface area contributed by atoms with E-state index in [1.54, 1.807) is 0 Å². The molecule has 3 unspecified atom stereocenters. The molecule has 2 nitrogen and oxygen atoms in total. The van der Waals surface area contributed by atoms with Gasteiger partial charge in [0.25, 0.3) is 0 Å². The van der Waals surface area contributed by atoms with E-state index >= 15 is 0 Å². The van der Waals surface area contributed by atoms with E-state index in [-0.39, 0.29) is 0 Å². The fourth-order valence-corrected chi connectivity index (χ4v) is 8.54. The largest absolute Gasteiger partial charge is 0.321 e. The number of hydrogen-bond donors (Lipinski definition) is 1. The number of hydrogen-bond acceptors (Lipinski definition) is 2. The van der Waals surface area contributed by atoms with Crippen molar-refractivity contribution in [3.05, 3.63) is 37.0 Å². The van der Waals surface area contributed by atoms with E-state index in [1.807, 2.05) is 0 Å². The topological polar surface area (TPSA) is 15.3 Å². The van der Waals surface area contributed by atoms with Gasteiger partial charge in [0.2, 0.25) is 0 Å². The maximum atomic E-state index is 4.10. The molecular weight excluding hydrogens is 260 g/mol. The van der Waals surface area contributed by atoms with Gasteiger partial charge in [-0.3, -0.25) is 0 Å². The Balaban J connectivity index is 1.83. The monoisotopic (exact) mass is 288 g/mol. The van der Waals surface area contributed by atoms with Gasteiger partial charge in [-0.25, -0.2) is 0 Å². The molecule has 3 heteroatoms. The molecule has 0 radical (unpaired) electrons. The van der Waals surface area contributed by atoms with E-state index in [4.69, 9.17) is 0 Å². The average molecular weight is 289 g/mol. The molecule has 4 atom stereocenters. The lowest BCUT2D eigenvalue weighted by Crippen LogP contribution is -2.59. The third-order valence-electron chi connectivity index (χ3n) is 5.85. The SMILES string of the molecule is C=C[C@H]1CC([Si](C)(C)N2CCNCC2)C2C=CC=CC21. The summed E-state index contributed by atoms with van der Waals surface area (Å²) < 4.78 is 2.84. The molecule has 1 saturated carbocycles. The molecule has 1 N–H and O–H groups in total. The van der Waals surface area contributed by atoms with Crippen LogP contribution in [0.15, 0.2) is 37.0 Å². The van der Waals surface area contributed by atoms with Crippen LogP contribution in [-0.4, -0.2) is 39.0 Å². The van der Waals surface area contributed by atoms with Crippen LogP contribution in [0.2, 0.25) is 18.6 Å². The zero-order valence-electron chi connectivity index (χ0n) is 12.9. The number of nitrogens with one attached hydrogen (secondary N) is 1. The molecule has 0 spiro atoms. The van der Waals surface area contributed by atoms with E-state index in [0.29, 0.717) is 11.8 Å². The zero-order chi connectivity index (χ0) is 14.2. The first-order chi connectivity index (χ1) is 9.64. The normalized spacial score (nSPS) is 37.9. The van der Waals surface area contributed by atoms with E-state index < -0.39 is 8.24 Å². The molecule has 2 fully saturated rings. The maximum absolute atomic E-state index is 4.10.